The van der Waals surface area contributed by atoms with Gasteiger partial charge in [0.05, 0.1) is 11.7 Å². The first-order valence-electron chi connectivity index (χ1n) is 9.46. The molecule has 1 fully saturated rings. The van der Waals surface area contributed by atoms with E-state index in [1.165, 1.54) is 16.4 Å². The molecule has 2 amide bonds. The van der Waals surface area contributed by atoms with E-state index in [4.69, 9.17) is 4.74 Å². The second-order valence-electron chi connectivity index (χ2n) is 7.05. The van der Waals surface area contributed by atoms with Crippen LogP contribution in [0.5, 0.6) is 0 Å². The van der Waals surface area contributed by atoms with Crippen LogP contribution < -0.4 is 40.0 Å². The third kappa shape index (κ3) is 4.81. The number of carbonyl (C=O) groups is 4. The first-order chi connectivity index (χ1) is 15.4. The maximum absolute atomic E-state index is 12.8. The van der Waals surface area contributed by atoms with Crippen LogP contribution in [0.1, 0.15) is 17.5 Å². The largest absolute Gasteiger partial charge is 1.00 e. The van der Waals surface area contributed by atoms with Crippen molar-refractivity contribution < 1.29 is 58.6 Å². The number of hydrogen-bond acceptors (Lipinski definition) is 10. The first kappa shape index (κ1) is 24.9. The molecule has 0 spiro atoms. The number of carbonyl (C=O) groups excluding carboxylic acids is 4. The molecule has 14 heteroatoms. The van der Waals surface area contributed by atoms with Crippen LogP contribution in [0, 0.1) is 0 Å². The molecule has 33 heavy (non-hydrogen) atoms. The monoisotopic (exact) mass is 480 g/mol. The second kappa shape index (κ2) is 10.5. The number of ether oxygens (including phenoxy) is 1. The summed E-state index contributed by atoms with van der Waals surface area (Å²) in [6.07, 6.45) is -1.10. The van der Waals surface area contributed by atoms with E-state index >= 15 is 0 Å². The van der Waals surface area contributed by atoms with Crippen molar-refractivity contribution >= 4 is 36.0 Å². The number of benzene rings is 1. The topological polar surface area (TPSA) is 159 Å². The normalized spacial score (nSPS) is 20.2. The fourth-order valence-electron chi connectivity index (χ4n) is 3.60. The third-order valence-corrected chi connectivity index (χ3v) is 6.49. The first-order valence-corrected chi connectivity index (χ1v) is 10.5. The summed E-state index contributed by atoms with van der Waals surface area (Å²) >= 11 is 1.30. The number of nitrogens with zero attached hydrogens (tertiary/aromatic N) is 5. The molecule has 3 atom stereocenters. The van der Waals surface area contributed by atoms with Crippen molar-refractivity contribution in [3.8, 4) is 0 Å². The molecule has 0 bridgehead atoms. The number of tetrazole rings is 1. The van der Waals surface area contributed by atoms with Crippen molar-refractivity contribution in [1.82, 2.24) is 30.4 Å². The van der Waals surface area contributed by atoms with Gasteiger partial charge in [0.15, 0.2) is 5.82 Å². The molecule has 2 aliphatic heterocycles. The number of fused-ring (bicyclic) bond motifs is 1. The standard InChI is InChI=1S/C19H18N6O6S.Na/c1-24-12(21-22-23-24)7-11-8-32-18-13(17(28)25(18)14(11)19(29)30)20-16(27)15(31-9-26)10-5-3-2-4-6-10;/h2-6,9,13,15,18H,7-8H2,1H3,(H,20,27)(H,29,30);/q;+1/p-1/t13?,15-,18-;/m1./s1. The molecule has 12 nitrogen and oxygen atoms in total. The van der Waals surface area contributed by atoms with E-state index in [0.717, 1.165) is 4.90 Å². The molecular formula is C19H17N6NaO6S. The molecule has 1 aromatic carbocycles. The number of nitrogens with one attached hydrogen (secondary N) is 1. The number of β-lactam (4-membered cyclic amide) rings is 1. The van der Waals surface area contributed by atoms with E-state index in [-0.39, 0.29) is 53.9 Å². The van der Waals surface area contributed by atoms with Crippen molar-refractivity contribution in [3.05, 3.63) is 53.0 Å². The Morgan fingerprint density at radius 2 is 2.09 bits per heavy atom. The van der Waals surface area contributed by atoms with Crippen LogP contribution in [0.3, 0.4) is 0 Å². The maximum atomic E-state index is 12.8. The number of aromatic nitrogens is 4. The molecule has 2 aliphatic rings. The van der Waals surface area contributed by atoms with Crippen LogP contribution in [-0.4, -0.2) is 66.5 Å². The Labute approximate surface area is 214 Å². The molecule has 3 heterocycles. The Balaban J connectivity index is 0.00000306. The van der Waals surface area contributed by atoms with Crippen LogP contribution >= 0.6 is 11.8 Å². The van der Waals surface area contributed by atoms with Gasteiger partial charge in [-0.2, -0.15) is 0 Å². The van der Waals surface area contributed by atoms with Crippen LogP contribution in [-0.2, 0) is 37.4 Å². The molecule has 0 aliphatic carbocycles. The van der Waals surface area contributed by atoms with Crippen LogP contribution in [0.2, 0.25) is 0 Å². The Kier molecular flexibility index (Phi) is 7.89. The SMILES string of the molecule is Cn1nnnc1CC1=C(C(=O)[O-])N2C(=O)C(NC(=O)[C@H](OC=O)c3ccccc3)[C@H]2SC1.[Na+]. The van der Waals surface area contributed by atoms with Crippen LogP contribution in [0.15, 0.2) is 41.6 Å². The minimum Gasteiger partial charge on any atom is -0.543 e. The smallest absolute Gasteiger partial charge is 0.543 e. The zero-order chi connectivity index (χ0) is 22.8. The Morgan fingerprint density at radius 3 is 2.70 bits per heavy atom. The zero-order valence-electron chi connectivity index (χ0n) is 17.7. The molecule has 0 radical (unpaired) electrons. The van der Waals surface area contributed by atoms with Gasteiger partial charge in [-0.1, -0.05) is 30.3 Å². The Hall–Kier alpha value is -2.74. The van der Waals surface area contributed by atoms with Crippen molar-refractivity contribution in [2.75, 3.05) is 5.75 Å². The van der Waals surface area contributed by atoms with Gasteiger partial charge in [-0.15, -0.1) is 16.9 Å². The van der Waals surface area contributed by atoms with E-state index < -0.39 is 35.3 Å². The zero-order valence-corrected chi connectivity index (χ0v) is 20.5. The summed E-state index contributed by atoms with van der Waals surface area (Å²) in [6, 6.07) is 7.37. The van der Waals surface area contributed by atoms with Crippen molar-refractivity contribution in [1.29, 1.82) is 0 Å². The molecule has 166 valence electrons. The van der Waals surface area contributed by atoms with Gasteiger partial charge < -0.3 is 20.0 Å². The molecular weight excluding hydrogens is 463 g/mol. The number of hydrogen-bond donors (Lipinski definition) is 1. The van der Waals surface area contributed by atoms with Gasteiger partial charge in [0, 0.05) is 24.8 Å². The van der Waals surface area contributed by atoms with Crippen LogP contribution in [0.4, 0.5) is 0 Å². The minimum absolute atomic E-state index is 0. The van der Waals surface area contributed by atoms with Crippen molar-refractivity contribution in [2.45, 2.75) is 23.9 Å². The number of aryl methyl sites for hydroxylation is 1. The van der Waals surface area contributed by atoms with Gasteiger partial charge in [-0.25, -0.2) is 4.68 Å². The van der Waals surface area contributed by atoms with E-state index in [0.29, 0.717) is 17.0 Å². The van der Waals surface area contributed by atoms with Gasteiger partial charge in [0.1, 0.15) is 11.4 Å². The molecule has 4 rings (SSSR count). The summed E-state index contributed by atoms with van der Waals surface area (Å²) in [7, 11) is 1.62. The molecule has 0 saturated carbocycles. The quantitative estimate of drug-likeness (QED) is 0.220. The van der Waals surface area contributed by atoms with Gasteiger partial charge in [-0.05, 0) is 16.0 Å². The van der Waals surface area contributed by atoms with Crippen LogP contribution in [0.25, 0.3) is 0 Å². The van der Waals surface area contributed by atoms with E-state index in [9.17, 15) is 24.3 Å². The molecule has 1 N–H and O–H groups in total. The Morgan fingerprint density at radius 1 is 1.36 bits per heavy atom. The summed E-state index contributed by atoms with van der Waals surface area (Å²) in [6.45, 7) is 0.159. The van der Waals surface area contributed by atoms with E-state index in [1.807, 2.05) is 0 Å². The summed E-state index contributed by atoms with van der Waals surface area (Å²) in [5, 5.41) is 24.9. The summed E-state index contributed by atoms with van der Waals surface area (Å²) < 4.78 is 6.33. The van der Waals surface area contributed by atoms with E-state index in [1.54, 1.807) is 37.4 Å². The summed E-state index contributed by atoms with van der Waals surface area (Å²) in [5.41, 5.74) is 0.636. The fraction of sp³-hybridized carbons (Fsp3) is 0.316. The fourth-order valence-corrected chi connectivity index (χ4v) is 4.95. The summed E-state index contributed by atoms with van der Waals surface area (Å²) in [4.78, 5) is 49.4. The molecule has 1 saturated heterocycles. The predicted octanol–water partition coefficient (Wildman–Crippen LogP) is -4.93. The molecule has 2 aromatic rings. The number of carboxylic acids is 1. The van der Waals surface area contributed by atoms with Gasteiger partial charge in [0.25, 0.3) is 18.3 Å². The van der Waals surface area contributed by atoms with Crippen molar-refractivity contribution in [3.63, 3.8) is 0 Å². The predicted molar refractivity (Wildman–Crippen MR) is 106 cm³/mol. The van der Waals surface area contributed by atoms with Crippen molar-refractivity contribution in [2.24, 2.45) is 7.05 Å². The number of rotatable bonds is 8. The minimum atomic E-state index is -1.50. The third-order valence-electron chi connectivity index (χ3n) is 5.15. The average Bonchev–Trinajstić information content (AvgIpc) is 3.19. The second-order valence-corrected chi connectivity index (χ2v) is 8.16. The van der Waals surface area contributed by atoms with Gasteiger partial charge in [-0.3, -0.25) is 19.3 Å². The summed E-state index contributed by atoms with van der Waals surface area (Å²) in [5.74, 6) is -2.06. The maximum Gasteiger partial charge on any atom is 1.00 e. The number of aliphatic carboxylic acids is 1. The van der Waals surface area contributed by atoms with Gasteiger partial charge >= 0.3 is 29.6 Å². The molecule has 1 aromatic heterocycles. The average molecular weight is 480 g/mol. The van der Waals surface area contributed by atoms with Gasteiger partial charge in [0.2, 0.25) is 6.10 Å². The Bertz CT molecular complexity index is 1110. The number of thioether (sulfide) groups is 1. The number of carboxylic acid groups (broad SMARTS) is 1. The molecule has 1 unspecified atom stereocenters. The van der Waals surface area contributed by atoms with E-state index in [2.05, 4.69) is 20.8 Å². The number of amides is 2.